The monoisotopic (exact) mass is 253 g/mol. The molecule has 1 aromatic heterocycles. The second-order valence-electron chi connectivity index (χ2n) is 5.45. The van der Waals surface area contributed by atoms with Gasteiger partial charge in [-0.2, -0.15) is 0 Å². The summed E-state index contributed by atoms with van der Waals surface area (Å²) in [5.41, 5.74) is 1.07. The van der Waals surface area contributed by atoms with E-state index in [0.717, 1.165) is 11.2 Å². The number of hydrogen-bond acceptors (Lipinski definition) is 3. The second-order valence-corrected chi connectivity index (χ2v) is 5.85. The minimum atomic E-state index is -0.420. The van der Waals surface area contributed by atoms with Crippen molar-refractivity contribution in [3.05, 3.63) is 22.8 Å². The van der Waals surface area contributed by atoms with Crippen molar-refractivity contribution in [3.63, 3.8) is 0 Å². The van der Waals surface area contributed by atoms with E-state index in [4.69, 9.17) is 20.9 Å². The van der Waals surface area contributed by atoms with Gasteiger partial charge >= 0.3 is 7.12 Å². The molecule has 1 fully saturated rings. The van der Waals surface area contributed by atoms with Crippen LogP contribution in [0.15, 0.2) is 12.3 Å². The van der Waals surface area contributed by atoms with Gasteiger partial charge in [-0.3, -0.25) is 4.98 Å². The van der Waals surface area contributed by atoms with Crippen molar-refractivity contribution in [1.29, 1.82) is 0 Å². The van der Waals surface area contributed by atoms with Gasteiger partial charge in [0.15, 0.2) is 0 Å². The Morgan fingerprint density at radius 1 is 1.18 bits per heavy atom. The number of halogens is 1. The smallest absolute Gasteiger partial charge is 0.398 e. The van der Waals surface area contributed by atoms with E-state index < -0.39 is 7.12 Å². The normalized spacial score (nSPS) is 21.9. The van der Waals surface area contributed by atoms with Crippen LogP contribution in [0.5, 0.6) is 0 Å². The summed E-state index contributed by atoms with van der Waals surface area (Å²) in [5.74, 6) is 0. The number of rotatable bonds is 1. The molecule has 0 radical (unpaired) electrons. The number of nitrogens with zero attached hydrogens (tertiary/aromatic N) is 1. The summed E-state index contributed by atoms with van der Waals surface area (Å²) in [5, 5.41) is 0.658. The molecule has 0 unspecified atom stereocenters. The largest absolute Gasteiger partial charge is 0.514 e. The zero-order valence-corrected chi connectivity index (χ0v) is 11.6. The first kappa shape index (κ1) is 12.9. The maximum atomic E-state index is 5.96. The Hall–Kier alpha value is -0.575. The van der Waals surface area contributed by atoms with Crippen LogP contribution in [-0.2, 0) is 9.31 Å². The van der Waals surface area contributed by atoms with Crippen LogP contribution >= 0.6 is 11.6 Å². The van der Waals surface area contributed by atoms with Gasteiger partial charge in [0.25, 0.3) is 0 Å². The molecule has 1 aliphatic heterocycles. The van der Waals surface area contributed by atoms with Gasteiger partial charge in [-0.25, -0.2) is 0 Å². The molecule has 0 spiro atoms. The molecule has 0 amide bonds. The van der Waals surface area contributed by atoms with Crippen LogP contribution in [0, 0.1) is 6.92 Å². The molecule has 2 rings (SSSR count). The van der Waals surface area contributed by atoms with Crippen molar-refractivity contribution in [3.8, 4) is 0 Å². The van der Waals surface area contributed by atoms with E-state index in [1.165, 1.54) is 0 Å². The summed E-state index contributed by atoms with van der Waals surface area (Å²) in [7, 11) is -0.420. The van der Waals surface area contributed by atoms with Gasteiger partial charge in [0, 0.05) is 6.20 Å². The third kappa shape index (κ3) is 2.22. The molecule has 0 aromatic carbocycles. The van der Waals surface area contributed by atoms with E-state index in [0.29, 0.717) is 5.02 Å². The molecule has 0 aliphatic carbocycles. The molecule has 0 bridgehead atoms. The summed E-state index contributed by atoms with van der Waals surface area (Å²) in [6.07, 6.45) is 1.64. The fourth-order valence-electron chi connectivity index (χ4n) is 1.65. The standard InChI is InChI=1S/C12H17BClNO2/c1-8-6-10(15-7-9(8)14)13-16-11(2,3)12(4,5)17-13/h6-7H,1-5H3. The van der Waals surface area contributed by atoms with Gasteiger partial charge in [0.2, 0.25) is 0 Å². The van der Waals surface area contributed by atoms with Crippen molar-refractivity contribution >= 4 is 24.3 Å². The van der Waals surface area contributed by atoms with E-state index >= 15 is 0 Å². The first-order chi connectivity index (χ1) is 7.73. The first-order valence-electron chi connectivity index (χ1n) is 5.71. The fourth-order valence-corrected chi connectivity index (χ4v) is 1.76. The molecule has 92 valence electrons. The van der Waals surface area contributed by atoms with Gasteiger partial charge in [-0.1, -0.05) is 11.6 Å². The Bertz CT molecular complexity index is 432. The maximum absolute atomic E-state index is 5.96. The molecule has 1 aliphatic rings. The van der Waals surface area contributed by atoms with Crippen LogP contribution < -0.4 is 5.59 Å². The highest BCUT2D eigenvalue weighted by molar-refractivity contribution is 6.61. The minimum Gasteiger partial charge on any atom is -0.398 e. The Kier molecular flexibility index (Phi) is 3.01. The van der Waals surface area contributed by atoms with Crippen LogP contribution in [0.2, 0.25) is 5.02 Å². The second kappa shape index (κ2) is 3.97. The van der Waals surface area contributed by atoms with Crippen LogP contribution in [0.25, 0.3) is 0 Å². The summed E-state index contributed by atoms with van der Waals surface area (Å²) in [6.45, 7) is 10.0. The van der Waals surface area contributed by atoms with E-state index in [2.05, 4.69) is 4.98 Å². The van der Waals surface area contributed by atoms with Crippen molar-refractivity contribution in [2.75, 3.05) is 0 Å². The quantitative estimate of drug-likeness (QED) is 0.720. The lowest BCUT2D eigenvalue weighted by atomic mass is 9.83. The number of hydrogen-bond donors (Lipinski definition) is 0. The Morgan fingerprint density at radius 3 is 2.18 bits per heavy atom. The molecule has 0 atom stereocenters. The highest BCUT2D eigenvalue weighted by Crippen LogP contribution is 2.36. The predicted molar refractivity (Wildman–Crippen MR) is 69.7 cm³/mol. The van der Waals surface area contributed by atoms with Crippen molar-refractivity contribution in [1.82, 2.24) is 4.98 Å². The molecule has 3 nitrogen and oxygen atoms in total. The maximum Gasteiger partial charge on any atom is 0.514 e. The number of aromatic nitrogens is 1. The van der Waals surface area contributed by atoms with Crippen LogP contribution in [0.4, 0.5) is 0 Å². The van der Waals surface area contributed by atoms with Gasteiger partial charge in [0.1, 0.15) is 0 Å². The van der Waals surface area contributed by atoms with Crippen molar-refractivity contribution in [2.45, 2.75) is 45.8 Å². The zero-order chi connectivity index (χ0) is 12.8. The van der Waals surface area contributed by atoms with Crippen LogP contribution in [0.1, 0.15) is 33.3 Å². The third-order valence-corrected chi connectivity index (χ3v) is 3.96. The molecule has 0 saturated carbocycles. The Balaban J connectivity index is 2.29. The van der Waals surface area contributed by atoms with Gasteiger partial charge < -0.3 is 9.31 Å². The first-order valence-corrected chi connectivity index (χ1v) is 6.08. The zero-order valence-electron chi connectivity index (χ0n) is 10.9. The lowest BCUT2D eigenvalue weighted by Gasteiger charge is -2.32. The lowest BCUT2D eigenvalue weighted by molar-refractivity contribution is 0.00578. The highest BCUT2D eigenvalue weighted by atomic mass is 35.5. The van der Waals surface area contributed by atoms with E-state index in [9.17, 15) is 0 Å². The summed E-state index contributed by atoms with van der Waals surface area (Å²) in [4.78, 5) is 4.27. The van der Waals surface area contributed by atoms with E-state index in [1.807, 2.05) is 40.7 Å². The number of aryl methyl sites for hydroxylation is 1. The Morgan fingerprint density at radius 2 is 1.71 bits per heavy atom. The summed E-state index contributed by atoms with van der Waals surface area (Å²) in [6, 6.07) is 1.91. The molecule has 5 heteroatoms. The van der Waals surface area contributed by atoms with Gasteiger partial charge in [-0.05, 0) is 46.2 Å². The summed E-state index contributed by atoms with van der Waals surface area (Å²) >= 11 is 5.96. The molecular weight excluding hydrogens is 236 g/mol. The topological polar surface area (TPSA) is 31.4 Å². The Labute approximate surface area is 108 Å². The van der Waals surface area contributed by atoms with E-state index in [-0.39, 0.29) is 11.2 Å². The van der Waals surface area contributed by atoms with Gasteiger partial charge in [0.05, 0.1) is 21.8 Å². The van der Waals surface area contributed by atoms with E-state index in [1.54, 1.807) is 6.20 Å². The van der Waals surface area contributed by atoms with Crippen LogP contribution in [-0.4, -0.2) is 23.3 Å². The van der Waals surface area contributed by atoms with Gasteiger partial charge in [-0.15, -0.1) is 0 Å². The third-order valence-electron chi connectivity index (χ3n) is 3.56. The average molecular weight is 254 g/mol. The molecule has 17 heavy (non-hydrogen) atoms. The van der Waals surface area contributed by atoms with Crippen molar-refractivity contribution in [2.24, 2.45) is 0 Å². The minimum absolute atomic E-state index is 0.340. The average Bonchev–Trinajstić information content (AvgIpc) is 2.41. The molecular formula is C12H17BClNO2. The van der Waals surface area contributed by atoms with Crippen LogP contribution in [0.3, 0.4) is 0 Å². The van der Waals surface area contributed by atoms with Crippen molar-refractivity contribution < 1.29 is 9.31 Å². The molecule has 1 saturated heterocycles. The molecule has 0 N–H and O–H groups in total. The SMILES string of the molecule is Cc1cc(B2OC(C)(C)C(C)(C)O2)ncc1Cl. The number of pyridine rings is 1. The molecule has 2 heterocycles. The summed E-state index contributed by atoms with van der Waals surface area (Å²) < 4.78 is 11.8. The fraction of sp³-hybridized carbons (Fsp3) is 0.583. The highest BCUT2D eigenvalue weighted by Gasteiger charge is 2.52. The lowest BCUT2D eigenvalue weighted by Crippen LogP contribution is -2.41. The molecule has 1 aromatic rings. The predicted octanol–water partition coefficient (Wildman–Crippen LogP) is 2.34.